The van der Waals surface area contributed by atoms with Crippen molar-refractivity contribution in [3.63, 3.8) is 0 Å². The SMILES string of the molecule is CCNCc1ccc(S(=O)(=O)N(C)CCC(C)O)cc1. The van der Waals surface area contributed by atoms with Gasteiger partial charge in [-0.1, -0.05) is 19.1 Å². The maximum atomic E-state index is 12.3. The summed E-state index contributed by atoms with van der Waals surface area (Å²) in [5.41, 5.74) is 1.05. The van der Waals surface area contributed by atoms with Crippen molar-refractivity contribution < 1.29 is 13.5 Å². The van der Waals surface area contributed by atoms with Crippen LogP contribution in [-0.2, 0) is 16.6 Å². The fourth-order valence-corrected chi connectivity index (χ4v) is 2.90. The molecule has 0 bridgehead atoms. The zero-order valence-electron chi connectivity index (χ0n) is 12.3. The van der Waals surface area contributed by atoms with Crippen LogP contribution in [0.3, 0.4) is 0 Å². The number of nitrogens with one attached hydrogen (secondary N) is 1. The Morgan fingerprint density at radius 1 is 1.30 bits per heavy atom. The van der Waals surface area contributed by atoms with Gasteiger partial charge >= 0.3 is 0 Å². The van der Waals surface area contributed by atoms with Gasteiger partial charge in [-0.05, 0) is 37.6 Å². The molecule has 6 heteroatoms. The summed E-state index contributed by atoms with van der Waals surface area (Å²) in [5.74, 6) is 0. The lowest BCUT2D eigenvalue weighted by Crippen LogP contribution is -2.29. The first-order chi connectivity index (χ1) is 9.37. The van der Waals surface area contributed by atoms with Crippen molar-refractivity contribution in [2.75, 3.05) is 20.1 Å². The monoisotopic (exact) mass is 300 g/mol. The van der Waals surface area contributed by atoms with E-state index in [-0.39, 0.29) is 4.90 Å². The lowest BCUT2D eigenvalue weighted by molar-refractivity contribution is 0.177. The highest BCUT2D eigenvalue weighted by atomic mass is 32.2. The van der Waals surface area contributed by atoms with Crippen molar-refractivity contribution in [3.05, 3.63) is 29.8 Å². The van der Waals surface area contributed by atoms with E-state index in [9.17, 15) is 13.5 Å². The Kier molecular flexibility index (Phi) is 6.61. The molecule has 1 atom stereocenters. The van der Waals surface area contributed by atoms with Gasteiger partial charge in [-0.2, -0.15) is 0 Å². The quantitative estimate of drug-likeness (QED) is 0.756. The first-order valence-corrected chi connectivity index (χ1v) is 8.26. The Labute approximate surface area is 121 Å². The highest BCUT2D eigenvalue weighted by Gasteiger charge is 2.20. The number of aliphatic hydroxyl groups excluding tert-OH is 1. The number of rotatable bonds is 8. The summed E-state index contributed by atoms with van der Waals surface area (Å²) in [7, 11) is -1.94. The van der Waals surface area contributed by atoms with E-state index >= 15 is 0 Å². The van der Waals surface area contributed by atoms with Crippen LogP contribution < -0.4 is 5.32 Å². The van der Waals surface area contributed by atoms with E-state index in [4.69, 9.17) is 0 Å². The summed E-state index contributed by atoms with van der Waals surface area (Å²) in [6, 6.07) is 6.89. The molecule has 0 heterocycles. The third-order valence-corrected chi connectivity index (χ3v) is 4.94. The van der Waals surface area contributed by atoms with Gasteiger partial charge in [-0.3, -0.25) is 0 Å². The van der Waals surface area contributed by atoms with Gasteiger partial charge in [-0.25, -0.2) is 12.7 Å². The van der Waals surface area contributed by atoms with Gasteiger partial charge in [0, 0.05) is 20.1 Å². The second-order valence-electron chi connectivity index (χ2n) is 4.89. The summed E-state index contributed by atoms with van der Waals surface area (Å²) in [5, 5.41) is 12.4. The number of aliphatic hydroxyl groups is 1. The molecule has 0 fully saturated rings. The zero-order chi connectivity index (χ0) is 15.2. The summed E-state index contributed by atoms with van der Waals surface area (Å²) in [6.45, 7) is 5.59. The first kappa shape index (κ1) is 17.1. The summed E-state index contributed by atoms with van der Waals surface area (Å²) < 4.78 is 25.9. The number of nitrogens with zero attached hydrogens (tertiary/aromatic N) is 1. The van der Waals surface area contributed by atoms with Crippen molar-refractivity contribution in [2.24, 2.45) is 0 Å². The molecule has 0 saturated carbocycles. The predicted molar refractivity (Wildman–Crippen MR) is 79.9 cm³/mol. The van der Waals surface area contributed by atoms with E-state index in [0.717, 1.165) is 18.7 Å². The highest BCUT2D eigenvalue weighted by molar-refractivity contribution is 7.89. The molecule has 1 aromatic carbocycles. The summed E-state index contributed by atoms with van der Waals surface area (Å²) in [4.78, 5) is 0.283. The van der Waals surface area contributed by atoms with Gasteiger partial charge in [0.25, 0.3) is 0 Å². The minimum atomic E-state index is -3.47. The van der Waals surface area contributed by atoms with Crippen molar-refractivity contribution in [3.8, 4) is 0 Å². The third kappa shape index (κ3) is 4.86. The molecule has 5 nitrogen and oxygen atoms in total. The van der Waals surface area contributed by atoms with Gasteiger partial charge in [0.1, 0.15) is 0 Å². The van der Waals surface area contributed by atoms with Crippen LogP contribution in [-0.4, -0.2) is 44.1 Å². The maximum absolute atomic E-state index is 12.3. The average Bonchev–Trinajstić information content (AvgIpc) is 2.42. The second kappa shape index (κ2) is 7.73. The van der Waals surface area contributed by atoms with Gasteiger partial charge in [0.05, 0.1) is 11.0 Å². The molecule has 114 valence electrons. The minimum absolute atomic E-state index is 0.283. The summed E-state index contributed by atoms with van der Waals surface area (Å²) >= 11 is 0. The van der Waals surface area contributed by atoms with Crippen LogP contribution in [0.25, 0.3) is 0 Å². The molecule has 0 amide bonds. The molecule has 20 heavy (non-hydrogen) atoms. The number of hydrogen-bond donors (Lipinski definition) is 2. The standard InChI is InChI=1S/C14H24N2O3S/c1-4-15-11-13-5-7-14(8-6-13)20(18,19)16(3)10-9-12(2)17/h5-8,12,15,17H,4,9-11H2,1-3H3. The molecule has 0 radical (unpaired) electrons. The Morgan fingerprint density at radius 2 is 1.90 bits per heavy atom. The molecule has 0 spiro atoms. The van der Waals surface area contributed by atoms with E-state index in [1.54, 1.807) is 19.1 Å². The Bertz CT molecular complexity index is 498. The van der Waals surface area contributed by atoms with E-state index in [2.05, 4.69) is 5.32 Å². The Morgan fingerprint density at radius 3 is 2.40 bits per heavy atom. The molecule has 1 unspecified atom stereocenters. The van der Waals surface area contributed by atoms with Crippen molar-refractivity contribution in [1.82, 2.24) is 9.62 Å². The minimum Gasteiger partial charge on any atom is -0.393 e. The van der Waals surface area contributed by atoms with Crippen molar-refractivity contribution in [1.29, 1.82) is 0 Å². The molecule has 1 aromatic rings. The highest BCUT2D eigenvalue weighted by Crippen LogP contribution is 2.15. The smallest absolute Gasteiger partial charge is 0.242 e. The van der Waals surface area contributed by atoms with E-state index < -0.39 is 16.1 Å². The van der Waals surface area contributed by atoms with Crippen LogP contribution in [0.15, 0.2) is 29.2 Å². The Balaban J connectivity index is 2.76. The lowest BCUT2D eigenvalue weighted by Gasteiger charge is -2.18. The molecule has 2 N–H and O–H groups in total. The maximum Gasteiger partial charge on any atom is 0.242 e. The Hall–Kier alpha value is -0.950. The molecule has 0 aliphatic heterocycles. The number of benzene rings is 1. The molecule has 0 aliphatic rings. The van der Waals surface area contributed by atoms with Gasteiger partial charge in [0.15, 0.2) is 0 Å². The van der Waals surface area contributed by atoms with Crippen LogP contribution in [0.2, 0.25) is 0 Å². The normalized spacial score (nSPS) is 13.7. The van der Waals surface area contributed by atoms with Crippen molar-refractivity contribution in [2.45, 2.75) is 37.8 Å². The van der Waals surface area contributed by atoms with E-state index in [0.29, 0.717) is 13.0 Å². The summed E-state index contributed by atoms with van der Waals surface area (Å²) in [6.07, 6.45) is -0.0797. The van der Waals surface area contributed by atoms with Crippen LogP contribution >= 0.6 is 0 Å². The predicted octanol–water partition coefficient (Wildman–Crippen LogP) is 1.19. The molecule has 0 saturated heterocycles. The fraction of sp³-hybridized carbons (Fsp3) is 0.571. The third-order valence-electron chi connectivity index (χ3n) is 3.07. The number of hydrogen-bond acceptors (Lipinski definition) is 4. The topological polar surface area (TPSA) is 69.6 Å². The van der Waals surface area contributed by atoms with Gasteiger partial charge < -0.3 is 10.4 Å². The zero-order valence-corrected chi connectivity index (χ0v) is 13.2. The molecule has 0 aromatic heterocycles. The van der Waals surface area contributed by atoms with Crippen LogP contribution in [0.1, 0.15) is 25.8 Å². The van der Waals surface area contributed by atoms with E-state index in [1.165, 1.54) is 11.4 Å². The molecule has 0 aliphatic carbocycles. The largest absolute Gasteiger partial charge is 0.393 e. The van der Waals surface area contributed by atoms with E-state index in [1.807, 2.05) is 19.1 Å². The van der Waals surface area contributed by atoms with Gasteiger partial charge in [0.2, 0.25) is 10.0 Å². The molecular formula is C14H24N2O3S. The number of sulfonamides is 1. The first-order valence-electron chi connectivity index (χ1n) is 6.82. The van der Waals surface area contributed by atoms with Crippen LogP contribution in [0.5, 0.6) is 0 Å². The average molecular weight is 300 g/mol. The lowest BCUT2D eigenvalue weighted by atomic mass is 10.2. The van der Waals surface area contributed by atoms with Crippen LogP contribution in [0.4, 0.5) is 0 Å². The second-order valence-corrected chi connectivity index (χ2v) is 6.93. The van der Waals surface area contributed by atoms with Crippen LogP contribution in [0, 0.1) is 0 Å². The molecule has 1 rings (SSSR count). The fourth-order valence-electron chi connectivity index (χ4n) is 1.72. The molecular weight excluding hydrogens is 276 g/mol. The van der Waals surface area contributed by atoms with Gasteiger partial charge in [-0.15, -0.1) is 0 Å². The van der Waals surface area contributed by atoms with Crippen molar-refractivity contribution >= 4 is 10.0 Å².